The van der Waals surface area contributed by atoms with Gasteiger partial charge in [0.2, 0.25) is 0 Å². The van der Waals surface area contributed by atoms with E-state index in [0.717, 1.165) is 18.4 Å². The molecular weight excluding hydrogens is 865 g/mol. The Bertz CT molecular complexity index is 1780. The van der Waals surface area contributed by atoms with Crippen molar-refractivity contribution in [3.8, 4) is 0 Å². The number of methoxy groups -OCH3 is 1. The van der Waals surface area contributed by atoms with Crippen LogP contribution in [0.15, 0.2) is 60.7 Å². The van der Waals surface area contributed by atoms with Gasteiger partial charge in [-0.05, 0) is 66.5 Å². The summed E-state index contributed by atoms with van der Waals surface area (Å²) < 4.78 is 70.4. The first-order chi connectivity index (χ1) is 32.2. The van der Waals surface area contributed by atoms with E-state index in [4.69, 9.17) is 52.1 Å². The van der Waals surface area contributed by atoms with Crippen LogP contribution >= 0.6 is 0 Å². The van der Waals surface area contributed by atoms with E-state index in [9.17, 15) is 19.8 Å². The van der Waals surface area contributed by atoms with Crippen LogP contribution in [0.4, 0.5) is 0 Å². The number of esters is 2. The van der Waals surface area contributed by atoms with E-state index in [1.54, 1.807) is 24.3 Å². The van der Waals surface area contributed by atoms with Crippen LogP contribution in [0.1, 0.15) is 104 Å². The number of rotatable bonds is 20. The molecule has 20 atom stereocenters. The molecule has 15 nitrogen and oxygen atoms in total. The van der Waals surface area contributed by atoms with Gasteiger partial charge >= 0.3 is 11.9 Å². The number of hydrogen-bond donors (Lipinski definition) is 2. The highest BCUT2D eigenvalue weighted by Crippen LogP contribution is 2.40. The summed E-state index contributed by atoms with van der Waals surface area (Å²) in [7, 11) is 1.35. The summed E-state index contributed by atoms with van der Waals surface area (Å²) in [5, 5.41) is 22.8. The van der Waals surface area contributed by atoms with Gasteiger partial charge in [0, 0.05) is 18.3 Å². The molecule has 0 aliphatic carbocycles. The molecule has 6 rings (SSSR count). The zero-order valence-electron chi connectivity index (χ0n) is 41.2. The quantitative estimate of drug-likeness (QED) is 0.102. The first-order valence-electron chi connectivity index (χ1n) is 24.6. The van der Waals surface area contributed by atoms with Crippen molar-refractivity contribution in [3.63, 3.8) is 0 Å². The molecule has 0 aromatic heterocycles. The van der Waals surface area contributed by atoms with Crippen LogP contribution in [0, 0.1) is 41.4 Å². The lowest BCUT2D eigenvalue weighted by Gasteiger charge is -2.49. The van der Waals surface area contributed by atoms with Crippen molar-refractivity contribution in [1.82, 2.24) is 0 Å². The molecule has 15 heteroatoms. The van der Waals surface area contributed by atoms with Gasteiger partial charge in [-0.2, -0.15) is 0 Å². The molecule has 2 N–H and O–H groups in total. The summed E-state index contributed by atoms with van der Waals surface area (Å²) in [4.78, 5) is 25.7. The molecule has 2 aromatic rings. The first kappa shape index (κ1) is 53.3. The molecule has 0 bridgehead atoms. The second kappa shape index (κ2) is 25.2. The van der Waals surface area contributed by atoms with Gasteiger partial charge in [0.1, 0.15) is 18.3 Å². The van der Waals surface area contributed by atoms with Crippen LogP contribution in [0.3, 0.4) is 0 Å². The molecular formula is C52H78O15. The summed E-state index contributed by atoms with van der Waals surface area (Å²) in [5.41, 5.74) is 1.32. The molecule has 0 spiro atoms. The van der Waals surface area contributed by atoms with Gasteiger partial charge in [-0.15, -0.1) is 0 Å². The van der Waals surface area contributed by atoms with Gasteiger partial charge in [-0.3, -0.25) is 4.79 Å². The third-order valence-electron chi connectivity index (χ3n) is 15.1. The SMILES string of the molecule is CCC1O[C@@H](OCC2O[C@@H](OCC3O[C@@H](OCCCC(=O)OC)C(OCc4ccccc4)[C@@H](O[C@@H]4OC(CC)[C@H](C)[C@H](C)C4O)[C@H]3C)C(OC(=O)c3ccccc3)[C@@H](C)[C@H]2C)C(O)[C@@H](C)[C@H]1C. The van der Waals surface area contributed by atoms with E-state index in [0.29, 0.717) is 12.0 Å². The largest absolute Gasteiger partial charge is 0.469 e. The van der Waals surface area contributed by atoms with Crippen molar-refractivity contribution >= 4 is 11.9 Å². The fourth-order valence-electron chi connectivity index (χ4n) is 9.81. The Morgan fingerprint density at radius 3 is 1.66 bits per heavy atom. The molecule has 4 saturated heterocycles. The average Bonchev–Trinajstić information content (AvgIpc) is 3.34. The highest BCUT2D eigenvalue weighted by atomic mass is 16.8. The Morgan fingerprint density at radius 1 is 0.552 bits per heavy atom. The van der Waals surface area contributed by atoms with E-state index in [2.05, 4.69) is 27.7 Å². The number of carbonyl (C=O) groups excluding carboxylic acids is 2. The molecule has 0 radical (unpaired) electrons. The molecule has 67 heavy (non-hydrogen) atoms. The predicted octanol–water partition coefficient (Wildman–Crippen LogP) is 7.08. The maximum atomic E-state index is 13.7. The van der Waals surface area contributed by atoms with Crippen molar-refractivity contribution in [2.45, 2.75) is 175 Å². The topological polar surface area (TPSA) is 176 Å². The summed E-state index contributed by atoms with van der Waals surface area (Å²) in [6.07, 6.45) is -7.41. The van der Waals surface area contributed by atoms with E-state index in [-0.39, 0.29) is 86.5 Å². The summed E-state index contributed by atoms with van der Waals surface area (Å²) in [6.45, 7) is 18.7. The minimum Gasteiger partial charge on any atom is -0.469 e. The predicted molar refractivity (Wildman–Crippen MR) is 246 cm³/mol. The monoisotopic (exact) mass is 943 g/mol. The Kier molecular flexibility index (Phi) is 20.0. The smallest absolute Gasteiger partial charge is 0.338 e. The first-order valence-corrected chi connectivity index (χ1v) is 24.6. The highest BCUT2D eigenvalue weighted by Gasteiger charge is 2.52. The number of carbonyl (C=O) groups is 2. The fourth-order valence-corrected chi connectivity index (χ4v) is 9.81. The zero-order valence-corrected chi connectivity index (χ0v) is 41.2. The molecule has 4 heterocycles. The third kappa shape index (κ3) is 13.2. The Morgan fingerprint density at radius 2 is 1.06 bits per heavy atom. The van der Waals surface area contributed by atoms with Crippen LogP contribution in [0.2, 0.25) is 0 Å². The molecule has 4 aliphatic heterocycles. The zero-order chi connectivity index (χ0) is 48.4. The lowest BCUT2D eigenvalue weighted by molar-refractivity contribution is -0.356. The normalized spacial score (nSPS) is 39.1. The fraction of sp³-hybridized carbons (Fsp3) is 0.731. The van der Waals surface area contributed by atoms with Gasteiger partial charge in [0.25, 0.3) is 0 Å². The molecule has 4 aliphatic rings. The summed E-state index contributed by atoms with van der Waals surface area (Å²) >= 11 is 0. The van der Waals surface area contributed by atoms with Gasteiger partial charge in [0.15, 0.2) is 31.3 Å². The van der Waals surface area contributed by atoms with Crippen molar-refractivity contribution in [2.24, 2.45) is 41.4 Å². The lowest BCUT2D eigenvalue weighted by atomic mass is 9.82. The molecule has 4 fully saturated rings. The molecule has 0 amide bonds. The number of aliphatic hydroxyl groups is 2. The highest BCUT2D eigenvalue weighted by molar-refractivity contribution is 5.89. The molecule has 8 unspecified atom stereocenters. The minimum atomic E-state index is -1.07. The lowest BCUT2D eigenvalue weighted by Crippen LogP contribution is -2.61. The van der Waals surface area contributed by atoms with Gasteiger partial charge in [0.05, 0.1) is 69.6 Å². The van der Waals surface area contributed by atoms with E-state index in [1.165, 1.54) is 7.11 Å². The van der Waals surface area contributed by atoms with E-state index < -0.39 is 79.8 Å². The van der Waals surface area contributed by atoms with Crippen LogP contribution in [-0.2, 0) is 63.5 Å². The number of hydrogen-bond acceptors (Lipinski definition) is 15. The summed E-state index contributed by atoms with van der Waals surface area (Å²) in [6, 6.07) is 18.5. The number of aliphatic hydroxyl groups excluding tert-OH is 2. The van der Waals surface area contributed by atoms with Gasteiger partial charge in [-0.1, -0.05) is 111 Å². The third-order valence-corrected chi connectivity index (χ3v) is 15.1. The Hall–Kier alpha value is -3.06. The second-order valence-corrected chi connectivity index (χ2v) is 19.3. The second-order valence-electron chi connectivity index (χ2n) is 19.3. The average molecular weight is 943 g/mol. The molecule has 376 valence electrons. The molecule has 2 aromatic carbocycles. The van der Waals surface area contributed by atoms with Crippen LogP contribution < -0.4 is 0 Å². The Labute approximate surface area is 397 Å². The molecule has 0 saturated carbocycles. The van der Waals surface area contributed by atoms with Crippen molar-refractivity contribution in [1.29, 1.82) is 0 Å². The van der Waals surface area contributed by atoms with Crippen LogP contribution in [0.25, 0.3) is 0 Å². The van der Waals surface area contributed by atoms with Crippen molar-refractivity contribution < 1.29 is 71.9 Å². The number of ether oxygens (including phenoxy) is 11. The maximum Gasteiger partial charge on any atom is 0.338 e. The van der Waals surface area contributed by atoms with E-state index >= 15 is 0 Å². The van der Waals surface area contributed by atoms with Crippen molar-refractivity contribution in [2.75, 3.05) is 26.9 Å². The van der Waals surface area contributed by atoms with Crippen LogP contribution in [0.5, 0.6) is 0 Å². The van der Waals surface area contributed by atoms with Crippen molar-refractivity contribution in [3.05, 3.63) is 71.8 Å². The summed E-state index contributed by atoms with van der Waals surface area (Å²) in [5.74, 6) is -1.63. The minimum absolute atomic E-state index is 0.0348. The van der Waals surface area contributed by atoms with Gasteiger partial charge < -0.3 is 62.3 Å². The number of benzene rings is 2. The standard InChI is InChI=1S/C52H78O15/c1-11-38-29(3)32(6)43(54)49(62-38)60-27-40-31(5)34(8)46(66-48(56)37-22-17-14-18-23-37)51(64-40)61-28-41-35(9)45(67-50-44(55)33(7)30(4)39(12-2)63-50)47(59-26-36-20-15-13-16-21-36)52(65-41)58-25-19-24-42(53)57-10/h13-18,20-23,29-35,38-41,43-47,49-52,54-55H,11-12,19,24-28H2,1-10H3/t29-,30-,31-,32+,33+,34+,35+,38?,39?,40?,41?,43?,44?,45+,46?,47?,49-,50+,51-,52-/m1/s1. The van der Waals surface area contributed by atoms with E-state index in [1.807, 2.05) is 71.0 Å². The van der Waals surface area contributed by atoms with Crippen LogP contribution in [-0.4, -0.2) is 129 Å². The van der Waals surface area contributed by atoms with Gasteiger partial charge in [-0.25, -0.2) is 4.79 Å². The maximum absolute atomic E-state index is 13.7. The Balaban J connectivity index is 1.27.